The molecular formula is C20H19F7. The first-order chi connectivity index (χ1) is 12.2. The average Bonchev–Trinajstić information content (AvgIpc) is 2.56. The molecule has 2 aromatic rings. The van der Waals surface area contributed by atoms with Crippen LogP contribution in [0.25, 0.3) is 0 Å². The number of alkyl halides is 7. The van der Waals surface area contributed by atoms with Gasteiger partial charge in [0, 0.05) is 0 Å². The van der Waals surface area contributed by atoms with Crippen molar-refractivity contribution in [1.82, 2.24) is 0 Å². The summed E-state index contributed by atoms with van der Waals surface area (Å²) < 4.78 is 96.2. The van der Waals surface area contributed by atoms with E-state index in [0.29, 0.717) is 11.1 Å². The molecule has 7 heteroatoms. The van der Waals surface area contributed by atoms with E-state index in [1.54, 1.807) is 19.9 Å². The van der Waals surface area contributed by atoms with Gasteiger partial charge in [-0.05, 0) is 61.1 Å². The SMILES string of the molecule is Cc1cc(C)c(C)c(C(c2ccccc2)C(F)(F)C(F)(F)C(F)(F)F)c1C. The molecule has 0 spiro atoms. The Morgan fingerprint density at radius 1 is 0.704 bits per heavy atom. The van der Waals surface area contributed by atoms with Gasteiger partial charge in [-0.3, -0.25) is 0 Å². The van der Waals surface area contributed by atoms with Gasteiger partial charge in [-0.25, -0.2) is 0 Å². The molecule has 0 fully saturated rings. The van der Waals surface area contributed by atoms with E-state index in [2.05, 4.69) is 0 Å². The lowest BCUT2D eigenvalue weighted by atomic mass is 9.77. The average molecular weight is 392 g/mol. The first-order valence-electron chi connectivity index (χ1n) is 8.18. The number of aryl methyl sites for hydroxylation is 2. The van der Waals surface area contributed by atoms with Gasteiger partial charge >= 0.3 is 18.0 Å². The summed E-state index contributed by atoms with van der Waals surface area (Å²) >= 11 is 0. The Hall–Kier alpha value is -2.05. The molecule has 0 N–H and O–H groups in total. The van der Waals surface area contributed by atoms with E-state index in [-0.39, 0.29) is 22.3 Å². The van der Waals surface area contributed by atoms with Gasteiger partial charge in [0.25, 0.3) is 0 Å². The third-order valence-electron chi connectivity index (χ3n) is 4.98. The highest BCUT2D eigenvalue weighted by Crippen LogP contribution is 2.55. The van der Waals surface area contributed by atoms with Gasteiger partial charge < -0.3 is 0 Å². The summed E-state index contributed by atoms with van der Waals surface area (Å²) in [5, 5.41) is 0. The van der Waals surface area contributed by atoms with Gasteiger partial charge in [0.05, 0.1) is 5.92 Å². The van der Waals surface area contributed by atoms with Crippen LogP contribution in [0.4, 0.5) is 30.7 Å². The van der Waals surface area contributed by atoms with Crippen molar-refractivity contribution in [2.24, 2.45) is 0 Å². The van der Waals surface area contributed by atoms with Crippen LogP contribution in [0.3, 0.4) is 0 Å². The molecule has 0 saturated carbocycles. The number of halogens is 7. The molecule has 1 atom stereocenters. The number of hydrogen-bond donors (Lipinski definition) is 0. The maximum atomic E-state index is 14.9. The molecule has 1 unspecified atom stereocenters. The van der Waals surface area contributed by atoms with E-state index in [1.165, 1.54) is 32.0 Å². The minimum atomic E-state index is -6.38. The van der Waals surface area contributed by atoms with Crippen LogP contribution in [0, 0.1) is 27.7 Å². The van der Waals surface area contributed by atoms with Crippen molar-refractivity contribution in [2.45, 2.75) is 51.6 Å². The van der Waals surface area contributed by atoms with Crippen LogP contribution in [0.1, 0.15) is 39.3 Å². The molecular weight excluding hydrogens is 373 g/mol. The Kier molecular flexibility index (Phi) is 5.38. The molecule has 0 aromatic heterocycles. The van der Waals surface area contributed by atoms with Crippen LogP contribution >= 0.6 is 0 Å². The molecule has 0 aliphatic rings. The molecule has 0 amide bonds. The van der Waals surface area contributed by atoms with Crippen LogP contribution in [0.15, 0.2) is 36.4 Å². The highest BCUT2D eigenvalue weighted by molar-refractivity contribution is 5.51. The topological polar surface area (TPSA) is 0 Å². The third-order valence-corrected chi connectivity index (χ3v) is 4.98. The third kappa shape index (κ3) is 3.44. The summed E-state index contributed by atoms with van der Waals surface area (Å²) in [7, 11) is 0. The zero-order chi connectivity index (χ0) is 20.8. The molecule has 0 aliphatic heterocycles. The maximum Gasteiger partial charge on any atom is 0.459 e. The van der Waals surface area contributed by atoms with Crippen LogP contribution in [0.5, 0.6) is 0 Å². The zero-order valence-electron chi connectivity index (χ0n) is 15.2. The van der Waals surface area contributed by atoms with Crippen molar-refractivity contribution in [2.75, 3.05) is 0 Å². The first-order valence-corrected chi connectivity index (χ1v) is 8.18. The van der Waals surface area contributed by atoms with Crippen LogP contribution < -0.4 is 0 Å². The maximum absolute atomic E-state index is 14.9. The summed E-state index contributed by atoms with van der Waals surface area (Å²) in [5.41, 5.74) is 1.12. The van der Waals surface area contributed by atoms with Gasteiger partial charge in [0.1, 0.15) is 0 Å². The van der Waals surface area contributed by atoms with Crippen molar-refractivity contribution in [1.29, 1.82) is 0 Å². The zero-order valence-corrected chi connectivity index (χ0v) is 15.2. The van der Waals surface area contributed by atoms with Gasteiger partial charge in [-0.15, -0.1) is 0 Å². The standard InChI is InChI=1S/C20H19F7/c1-11-10-12(2)14(4)16(13(11)3)17(15-8-6-5-7-9-15)18(21,22)19(23,24)20(25,26)27/h5-10,17H,1-4H3. The molecule has 0 nitrogen and oxygen atoms in total. The molecule has 0 saturated heterocycles. The van der Waals surface area contributed by atoms with E-state index >= 15 is 0 Å². The normalized spacial score (nSPS) is 14.3. The Morgan fingerprint density at radius 2 is 1.15 bits per heavy atom. The molecule has 2 aromatic carbocycles. The quantitative estimate of drug-likeness (QED) is 0.497. The Bertz CT molecular complexity index is 794. The summed E-state index contributed by atoms with van der Waals surface area (Å²) in [5.74, 6) is -14.0. The second-order valence-electron chi connectivity index (χ2n) is 6.71. The van der Waals surface area contributed by atoms with E-state index < -0.39 is 23.9 Å². The number of rotatable bonds is 4. The predicted octanol–water partition coefficient (Wildman–Crippen LogP) is 6.89. The van der Waals surface area contributed by atoms with Crippen LogP contribution in [-0.4, -0.2) is 18.0 Å². The second kappa shape index (κ2) is 6.84. The fourth-order valence-corrected chi connectivity index (χ4v) is 3.25. The minimum Gasteiger partial charge on any atom is -0.198 e. The Balaban J connectivity index is 2.88. The van der Waals surface area contributed by atoms with Crippen molar-refractivity contribution in [3.05, 3.63) is 69.8 Å². The van der Waals surface area contributed by atoms with Crippen molar-refractivity contribution in [3.8, 4) is 0 Å². The lowest BCUT2D eigenvalue weighted by Gasteiger charge is -2.36. The summed E-state index contributed by atoms with van der Waals surface area (Å²) in [4.78, 5) is 0. The molecule has 0 bridgehead atoms. The van der Waals surface area contributed by atoms with E-state index in [4.69, 9.17) is 0 Å². The van der Waals surface area contributed by atoms with Gasteiger partial charge in [0.2, 0.25) is 0 Å². The smallest absolute Gasteiger partial charge is 0.198 e. The highest BCUT2D eigenvalue weighted by Gasteiger charge is 2.75. The van der Waals surface area contributed by atoms with E-state index in [9.17, 15) is 30.7 Å². The fraction of sp³-hybridized carbons (Fsp3) is 0.400. The Morgan fingerprint density at radius 3 is 1.56 bits per heavy atom. The monoisotopic (exact) mass is 392 g/mol. The lowest BCUT2D eigenvalue weighted by Crippen LogP contribution is -2.55. The first kappa shape index (κ1) is 21.3. The second-order valence-corrected chi connectivity index (χ2v) is 6.71. The van der Waals surface area contributed by atoms with Gasteiger partial charge in [-0.2, -0.15) is 30.7 Å². The van der Waals surface area contributed by atoms with E-state index in [1.807, 2.05) is 0 Å². The summed E-state index contributed by atoms with van der Waals surface area (Å²) in [6.07, 6.45) is -6.38. The van der Waals surface area contributed by atoms with Crippen LogP contribution in [0.2, 0.25) is 0 Å². The molecule has 27 heavy (non-hydrogen) atoms. The Labute approximate surface area is 153 Å². The molecule has 0 heterocycles. The lowest BCUT2D eigenvalue weighted by molar-refractivity contribution is -0.357. The van der Waals surface area contributed by atoms with Gasteiger partial charge in [0.15, 0.2) is 0 Å². The minimum absolute atomic E-state index is 0.201. The highest BCUT2D eigenvalue weighted by atomic mass is 19.4. The summed E-state index contributed by atoms with van der Waals surface area (Å²) in [6, 6.07) is 8.11. The molecule has 2 rings (SSSR count). The fourth-order valence-electron chi connectivity index (χ4n) is 3.25. The molecule has 0 radical (unpaired) electrons. The molecule has 148 valence electrons. The predicted molar refractivity (Wildman–Crippen MR) is 89.6 cm³/mol. The van der Waals surface area contributed by atoms with E-state index in [0.717, 1.165) is 12.1 Å². The number of benzene rings is 2. The van der Waals surface area contributed by atoms with Crippen LogP contribution in [-0.2, 0) is 0 Å². The van der Waals surface area contributed by atoms with Crippen molar-refractivity contribution >= 4 is 0 Å². The van der Waals surface area contributed by atoms with Crippen molar-refractivity contribution in [3.63, 3.8) is 0 Å². The van der Waals surface area contributed by atoms with Crippen molar-refractivity contribution < 1.29 is 30.7 Å². The largest absolute Gasteiger partial charge is 0.459 e. The summed E-state index contributed by atoms with van der Waals surface area (Å²) in [6.45, 7) is 6.12. The molecule has 0 aliphatic carbocycles. The van der Waals surface area contributed by atoms with Gasteiger partial charge in [-0.1, -0.05) is 36.4 Å². The number of hydrogen-bond acceptors (Lipinski definition) is 0.